The number of thiocarbonyl (C=S) groups is 1. The molecule has 18 heavy (non-hydrogen) atoms. The summed E-state index contributed by atoms with van der Waals surface area (Å²) in [5.41, 5.74) is 1.92. The summed E-state index contributed by atoms with van der Waals surface area (Å²) in [5.74, 6) is 0. The molecule has 5 heteroatoms. The van der Waals surface area contributed by atoms with Crippen molar-refractivity contribution < 1.29 is 4.74 Å². The molecule has 1 aromatic carbocycles. The molecule has 0 aliphatic carbocycles. The van der Waals surface area contributed by atoms with Crippen molar-refractivity contribution in [3.63, 3.8) is 0 Å². The average molecular weight is 285 g/mol. The molecule has 0 aromatic heterocycles. The van der Waals surface area contributed by atoms with Crippen molar-refractivity contribution in [1.82, 2.24) is 5.32 Å². The Hall–Kier alpha value is -1.26. The number of hydrogen-bond donors (Lipinski definition) is 2. The Labute approximate surface area is 118 Å². The van der Waals surface area contributed by atoms with E-state index in [2.05, 4.69) is 17.2 Å². The third-order valence-electron chi connectivity index (χ3n) is 2.27. The average Bonchev–Trinajstić information content (AvgIpc) is 2.34. The Bertz CT molecular complexity index is 423. The molecule has 0 spiro atoms. The van der Waals surface area contributed by atoms with Crippen LogP contribution in [0.4, 0.5) is 5.69 Å². The van der Waals surface area contributed by atoms with Gasteiger partial charge in [0.05, 0.1) is 12.9 Å². The summed E-state index contributed by atoms with van der Waals surface area (Å²) in [6, 6.07) is 5.74. The zero-order valence-corrected chi connectivity index (χ0v) is 11.9. The van der Waals surface area contributed by atoms with Crippen LogP contribution in [0, 0.1) is 6.92 Å². The van der Waals surface area contributed by atoms with E-state index >= 15 is 0 Å². The molecule has 0 saturated carbocycles. The number of benzene rings is 1. The zero-order valence-electron chi connectivity index (χ0n) is 10.3. The van der Waals surface area contributed by atoms with E-state index in [1.165, 1.54) is 6.26 Å². The summed E-state index contributed by atoms with van der Waals surface area (Å²) in [4.78, 5) is 0. The lowest BCUT2D eigenvalue weighted by Crippen LogP contribution is -2.29. The molecule has 2 N–H and O–H groups in total. The second-order valence-electron chi connectivity index (χ2n) is 3.74. The number of nitrogens with one attached hydrogen (secondary N) is 2. The van der Waals surface area contributed by atoms with Gasteiger partial charge in [0.15, 0.2) is 5.11 Å². The van der Waals surface area contributed by atoms with E-state index in [9.17, 15) is 0 Å². The lowest BCUT2D eigenvalue weighted by atomic mass is 10.2. The monoisotopic (exact) mass is 284 g/mol. The number of aryl methyl sites for hydroxylation is 1. The highest BCUT2D eigenvalue weighted by Crippen LogP contribution is 2.19. The Morgan fingerprint density at radius 1 is 1.56 bits per heavy atom. The van der Waals surface area contributed by atoms with Crippen molar-refractivity contribution in [2.24, 2.45) is 0 Å². The van der Waals surface area contributed by atoms with Gasteiger partial charge in [0, 0.05) is 17.3 Å². The molecule has 1 rings (SSSR count). The Morgan fingerprint density at radius 2 is 2.33 bits per heavy atom. The second-order valence-corrected chi connectivity index (χ2v) is 4.55. The van der Waals surface area contributed by atoms with Gasteiger partial charge < -0.3 is 15.4 Å². The molecule has 0 aliphatic rings. The van der Waals surface area contributed by atoms with Gasteiger partial charge in [-0.1, -0.05) is 24.2 Å². The van der Waals surface area contributed by atoms with Gasteiger partial charge in [0.25, 0.3) is 0 Å². The summed E-state index contributed by atoms with van der Waals surface area (Å²) in [6.45, 7) is 6.82. The summed E-state index contributed by atoms with van der Waals surface area (Å²) >= 11 is 11.2. The predicted octanol–water partition coefficient (Wildman–Crippen LogP) is 3.49. The van der Waals surface area contributed by atoms with Crippen molar-refractivity contribution in [2.75, 3.05) is 18.5 Å². The van der Waals surface area contributed by atoms with Crippen LogP contribution in [0.3, 0.4) is 0 Å². The smallest absolute Gasteiger partial charge is 0.170 e. The highest BCUT2D eigenvalue weighted by Gasteiger charge is 2.00. The van der Waals surface area contributed by atoms with Crippen LogP contribution in [0.15, 0.2) is 31.0 Å². The number of ether oxygens (including phenoxy) is 1. The van der Waals surface area contributed by atoms with E-state index in [1.54, 1.807) is 0 Å². The van der Waals surface area contributed by atoms with E-state index in [1.807, 2.05) is 25.1 Å². The summed E-state index contributed by atoms with van der Waals surface area (Å²) < 4.78 is 5.01. The Balaban J connectivity index is 2.31. The number of rotatable bonds is 6. The maximum Gasteiger partial charge on any atom is 0.170 e. The normalized spacial score (nSPS) is 9.67. The molecule has 0 radical (unpaired) electrons. The van der Waals surface area contributed by atoms with Crippen LogP contribution in [0.5, 0.6) is 0 Å². The molecule has 0 fully saturated rings. The van der Waals surface area contributed by atoms with Crippen LogP contribution in [0.25, 0.3) is 0 Å². The van der Waals surface area contributed by atoms with E-state index in [0.717, 1.165) is 29.2 Å². The number of anilines is 1. The summed E-state index contributed by atoms with van der Waals surface area (Å²) in [5, 5.41) is 7.46. The summed E-state index contributed by atoms with van der Waals surface area (Å²) in [6.07, 6.45) is 2.30. The van der Waals surface area contributed by atoms with Crippen molar-refractivity contribution in [2.45, 2.75) is 13.3 Å². The fourth-order valence-electron chi connectivity index (χ4n) is 1.29. The molecule has 0 saturated heterocycles. The minimum absolute atomic E-state index is 0.577. The first-order valence-electron chi connectivity index (χ1n) is 5.67. The third-order valence-corrected chi connectivity index (χ3v) is 2.93. The standard InChI is InChI=1S/C13H17ClN2OS/c1-3-17-8-4-7-15-13(18)16-11-6-5-10(2)12(14)9-11/h3,5-6,9H,1,4,7-8H2,2H3,(H2,15,16,18). The molecule has 0 heterocycles. The molecule has 0 bridgehead atoms. The quantitative estimate of drug-likeness (QED) is 0.476. The van der Waals surface area contributed by atoms with Gasteiger partial charge in [-0.25, -0.2) is 0 Å². The van der Waals surface area contributed by atoms with Crippen LogP contribution >= 0.6 is 23.8 Å². The predicted molar refractivity (Wildman–Crippen MR) is 81.2 cm³/mol. The van der Waals surface area contributed by atoms with Gasteiger partial charge >= 0.3 is 0 Å². The number of halogens is 1. The fraction of sp³-hybridized carbons (Fsp3) is 0.308. The molecule has 0 atom stereocenters. The van der Waals surface area contributed by atoms with Gasteiger partial charge in [0.2, 0.25) is 0 Å². The fourth-order valence-corrected chi connectivity index (χ4v) is 1.69. The number of hydrogen-bond acceptors (Lipinski definition) is 2. The van der Waals surface area contributed by atoms with Crippen LogP contribution in [-0.4, -0.2) is 18.3 Å². The van der Waals surface area contributed by atoms with Crippen LogP contribution in [-0.2, 0) is 4.74 Å². The largest absolute Gasteiger partial charge is 0.502 e. The van der Waals surface area contributed by atoms with Crippen molar-refractivity contribution in [3.05, 3.63) is 41.6 Å². The molecule has 0 unspecified atom stereocenters. The van der Waals surface area contributed by atoms with Crippen LogP contribution < -0.4 is 10.6 Å². The summed E-state index contributed by atoms with van der Waals surface area (Å²) in [7, 11) is 0. The van der Waals surface area contributed by atoms with E-state index < -0.39 is 0 Å². The third kappa shape index (κ3) is 5.38. The van der Waals surface area contributed by atoms with Gasteiger partial charge in [-0.15, -0.1) is 0 Å². The lowest BCUT2D eigenvalue weighted by Gasteiger charge is -2.11. The highest BCUT2D eigenvalue weighted by molar-refractivity contribution is 7.80. The second kappa shape index (κ2) is 7.95. The van der Waals surface area contributed by atoms with Crippen molar-refractivity contribution in [1.29, 1.82) is 0 Å². The van der Waals surface area contributed by atoms with Crippen molar-refractivity contribution in [3.8, 4) is 0 Å². The van der Waals surface area contributed by atoms with E-state index in [4.69, 9.17) is 28.6 Å². The first-order chi connectivity index (χ1) is 8.63. The SMILES string of the molecule is C=COCCCNC(=S)Nc1ccc(C)c(Cl)c1. The van der Waals surface area contributed by atoms with E-state index in [-0.39, 0.29) is 0 Å². The Morgan fingerprint density at radius 3 is 3.00 bits per heavy atom. The maximum absolute atomic E-state index is 6.03. The molecular weight excluding hydrogens is 268 g/mol. The van der Waals surface area contributed by atoms with Gasteiger partial charge in [-0.05, 0) is 43.3 Å². The van der Waals surface area contributed by atoms with Crippen molar-refractivity contribution >= 4 is 34.6 Å². The minimum Gasteiger partial charge on any atom is -0.502 e. The Kier molecular flexibility index (Phi) is 6.54. The first kappa shape index (κ1) is 14.8. The molecule has 0 aliphatic heterocycles. The topological polar surface area (TPSA) is 33.3 Å². The minimum atomic E-state index is 0.577. The van der Waals surface area contributed by atoms with Crippen LogP contribution in [0.1, 0.15) is 12.0 Å². The molecular formula is C13H17ClN2OS. The molecule has 1 aromatic rings. The molecule has 98 valence electrons. The molecule has 3 nitrogen and oxygen atoms in total. The van der Waals surface area contributed by atoms with Crippen LogP contribution in [0.2, 0.25) is 5.02 Å². The highest BCUT2D eigenvalue weighted by atomic mass is 35.5. The zero-order chi connectivity index (χ0) is 13.4. The van der Waals surface area contributed by atoms with Gasteiger partial charge in [0.1, 0.15) is 0 Å². The molecule has 0 amide bonds. The van der Waals surface area contributed by atoms with Gasteiger partial charge in [-0.2, -0.15) is 0 Å². The van der Waals surface area contributed by atoms with Gasteiger partial charge in [-0.3, -0.25) is 0 Å². The first-order valence-corrected chi connectivity index (χ1v) is 6.45. The lowest BCUT2D eigenvalue weighted by molar-refractivity contribution is 0.247. The van der Waals surface area contributed by atoms with E-state index in [0.29, 0.717) is 11.7 Å². The maximum atomic E-state index is 6.03.